The molecule has 2 atom stereocenters. The second-order valence-corrected chi connectivity index (χ2v) is 8.00. The van der Waals surface area contributed by atoms with Crippen molar-refractivity contribution in [1.82, 2.24) is 25.3 Å². The number of nitrogens with two attached hydrogens (primary N) is 1. The van der Waals surface area contributed by atoms with E-state index in [-0.39, 0.29) is 30.0 Å². The smallest absolute Gasteiger partial charge is 0.255 e. The molecule has 2 aromatic heterocycles. The lowest BCUT2D eigenvalue weighted by Gasteiger charge is -2.45. The van der Waals surface area contributed by atoms with Crippen molar-refractivity contribution < 1.29 is 4.79 Å². The molecule has 2 aromatic rings. The van der Waals surface area contributed by atoms with Gasteiger partial charge in [-0.15, -0.1) is 0 Å². The van der Waals surface area contributed by atoms with Crippen LogP contribution >= 0.6 is 0 Å². The lowest BCUT2D eigenvalue weighted by atomic mass is 9.67. The summed E-state index contributed by atoms with van der Waals surface area (Å²) in [6.07, 6.45) is 8.57. The third-order valence-corrected chi connectivity index (χ3v) is 6.04. The Morgan fingerprint density at radius 2 is 1.93 bits per heavy atom. The summed E-state index contributed by atoms with van der Waals surface area (Å²) in [5.74, 6) is 1.42. The van der Waals surface area contributed by atoms with Crippen LogP contribution in [-0.4, -0.2) is 37.9 Å². The number of H-pyrrole nitrogens is 1. The normalized spacial score (nSPS) is 26.6. The molecule has 1 amide bonds. The fraction of sp³-hybridized carbons (Fsp3) is 0.550. The number of hydrogen-bond donors (Lipinski definition) is 3. The van der Waals surface area contributed by atoms with Gasteiger partial charge in [0.15, 0.2) is 11.6 Å². The van der Waals surface area contributed by atoms with Crippen molar-refractivity contribution in [3.63, 3.8) is 0 Å². The molecule has 2 bridgehead atoms. The number of hydrogen-bond acceptors (Lipinski definition) is 6. The van der Waals surface area contributed by atoms with Gasteiger partial charge in [-0.25, -0.2) is 15.0 Å². The number of aromatic amines is 1. The molecule has 2 aliphatic rings. The third kappa shape index (κ3) is 3.82. The average molecular weight is 382 g/mol. The van der Waals surface area contributed by atoms with Gasteiger partial charge < -0.3 is 16.0 Å². The highest BCUT2D eigenvalue weighted by molar-refractivity contribution is 5.79. The minimum atomic E-state index is -0.323. The van der Waals surface area contributed by atoms with E-state index in [1.54, 1.807) is 25.4 Å². The van der Waals surface area contributed by atoms with Gasteiger partial charge in [-0.1, -0.05) is 6.42 Å². The van der Waals surface area contributed by atoms with Crippen molar-refractivity contribution in [2.75, 3.05) is 0 Å². The van der Waals surface area contributed by atoms with Crippen LogP contribution in [0.2, 0.25) is 0 Å². The molecule has 4 rings (SSSR count). The Kier molecular flexibility index (Phi) is 5.21. The zero-order valence-corrected chi connectivity index (χ0v) is 16.0. The van der Waals surface area contributed by atoms with Crippen LogP contribution in [0, 0.1) is 18.8 Å². The standard InChI is InChI=1S/C20H26N6O2/c1-11-15(20(28)26-19(24-11)18-22-6-3-7-23-18)10-16(27)25-17-12-4-2-5-13(17)9-14(21)8-12/h3,6-7,12-14,17H,2,4-5,8-10,21H2,1H3,(H,25,27)(H,24,26,28). The molecule has 4 N–H and O–H groups in total. The third-order valence-electron chi connectivity index (χ3n) is 6.04. The van der Waals surface area contributed by atoms with Crippen molar-refractivity contribution >= 4 is 5.91 Å². The molecule has 8 heteroatoms. The van der Waals surface area contributed by atoms with Crippen LogP contribution in [-0.2, 0) is 11.2 Å². The summed E-state index contributed by atoms with van der Waals surface area (Å²) in [5.41, 5.74) is 6.75. The van der Waals surface area contributed by atoms with Crippen LogP contribution in [0.25, 0.3) is 11.6 Å². The van der Waals surface area contributed by atoms with Crippen LogP contribution in [0.4, 0.5) is 0 Å². The maximum atomic E-state index is 12.7. The van der Waals surface area contributed by atoms with Crippen LogP contribution < -0.4 is 16.6 Å². The van der Waals surface area contributed by atoms with E-state index in [9.17, 15) is 9.59 Å². The van der Waals surface area contributed by atoms with E-state index >= 15 is 0 Å². The summed E-state index contributed by atoms with van der Waals surface area (Å²) in [6, 6.07) is 2.11. The van der Waals surface area contributed by atoms with E-state index in [1.807, 2.05) is 0 Å². The van der Waals surface area contributed by atoms with Gasteiger partial charge in [0, 0.05) is 35.7 Å². The van der Waals surface area contributed by atoms with E-state index in [0.717, 1.165) is 25.7 Å². The Labute approximate surface area is 163 Å². The first-order chi connectivity index (χ1) is 13.5. The number of rotatable bonds is 4. The maximum Gasteiger partial charge on any atom is 0.255 e. The Bertz CT molecular complexity index is 899. The molecule has 148 valence electrons. The number of nitrogens with one attached hydrogen (secondary N) is 2. The number of aromatic nitrogens is 4. The largest absolute Gasteiger partial charge is 0.353 e. The van der Waals surface area contributed by atoms with Crippen LogP contribution in [0.5, 0.6) is 0 Å². The van der Waals surface area contributed by atoms with Gasteiger partial charge in [-0.2, -0.15) is 0 Å². The first-order valence-electron chi connectivity index (χ1n) is 9.93. The first kappa shape index (κ1) is 18.7. The van der Waals surface area contributed by atoms with Crippen LogP contribution in [0.1, 0.15) is 43.4 Å². The minimum absolute atomic E-state index is 0.0199. The molecule has 2 heterocycles. The topological polar surface area (TPSA) is 127 Å². The molecular formula is C20H26N6O2. The SMILES string of the molecule is Cc1nc(-c2ncccn2)[nH]c(=O)c1CC(=O)NC1C2CCCC1CC(N)C2. The molecule has 0 spiro atoms. The maximum absolute atomic E-state index is 12.7. The molecule has 0 radical (unpaired) electrons. The number of amides is 1. The quantitative estimate of drug-likeness (QED) is 0.727. The van der Waals surface area contributed by atoms with Crippen molar-refractivity contribution in [2.24, 2.45) is 17.6 Å². The number of carbonyl (C=O) groups excluding carboxylic acids is 1. The summed E-state index contributed by atoms with van der Waals surface area (Å²) in [4.78, 5) is 40.6. The highest BCUT2D eigenvalue weighted by Crippen LogP contribution is 2.39. The predicted molar refractivity (Wildman–Crippen MR) is 104 cm³/mol. The summed E-state index contributed by atoms with van der Waals surface area (Å²) in [6.45, 7) is 1.73. The molecule has 8 nitrogen and oxygen atoms in total. The van der Waals surface area contributed by atoms with E-state index in [2.05, 4.69) is 25.3 Å². The van der Waals surface area contributed by atoms with E-state index in [0.29, 0.717) is 34.7 Å². The molecule has 2 unspecified atom stereocenters. The predicted octanol–water partition coefficient (Wildman–Crippen LogP) is 1.10. The second kappa shape index (κ2) is 7.79. The minimum Gasteiger partial charge on any atom is -0.353 e. The lowest BCUT2D eigenvalue weighted by Crippen LogP contribution is -2.54. The van der Waals surface area contributed by atoms with Crippen LogP contribution in [0.3, 0.4) is 0 Å². The monoisotopic (exact) mass is 382 g/mol. The molecule has 0 aliphatic heterocycles. The highest BCUT2D eigenvalue weighted by atomic mass is 16.2. The summed E-state index contributed by atoms with van der Waals surface area (Å²) >= 11 is 0. The fourth-order valence-corrected chi connectivity index (χ4v) is 4.77. The van der Waals surface area contributed by atoms with Gasteiger partial charge in [0.1, 0.15) is 0 Å². The van der Waals surface area contributed by atoms with Gasteiger partial charge in [0.2, 0.25) is 5.91 Å². The van der Waals surface area contributed by atoms with E-state index in [4.69, 9.17) is 5.73 Å². The summed E-state index contributed by atoms with van der Waals surface area (Å²) < 4.78 is 0. The van der Waals surface area contributed by atoms with Crippen molar-refractivity contribution in [3.05, 3.63) is 40.1 Å². The number of carbonyl (C=O) groups is 1. The summed E-state index contributed by atoms with van der Waals surface area (Å²) in [7, 11) is 0. The first-order valence-corrected chi connectivity index (χ1v) is 9.93. The zero-order valence-electron chi connectivity index (χ0n) is 16.0. The van der Waals surface area contributed by atoms with Crippen molar-refractivity contribution in [3.8, 4) is 11.6 Å². The Balaban J connectivity index is 1.48. The zero-order chi connectivity index (χ0) is 19.7. The Morgan fingerprint density at radius 3 is 2.57 bits per heavy atom. The molecule has 0 aromatic carbocycles. The number of aryl methyl sites for hydroxylation is 1. The summed E-state index contributed by atoms with van der Waals surface area (Å²) in [5, 5.41) is 3.19. The fourth-order valence-electron chi connectivity index (χ4n) is 4.77. The Morgan fingerprint density at radius 1 is 1.25 bits per heavy atom. The van der Waals surface area contributed by atoms with Gasteiger partial charge in [0.05, 0.1) is 6.42 Å². The lowest BCUT2D eigenvalue weighted by molar-refractivity contribution is -0.122. The second-order valence-electron chi connectivity index (χ2n) is 8.00. The Hall–Kier alpha value is -2.61. The van der Waals surface area contributed by atoms with Gasteiger partial charge >= 0.3 is 0 Å². The average Bonchev–Trinajstić information content (AvgIpc) is 2.66. The van der Waals surface area contributed by atoms with Gasteiger partial charge in [-0.3, -0.25) is 9.59 Å². The van der Waals surface area contributed by atoms with Crippen molar-refractivity contribution in [1.29, 1.82) is 0 Å². The van der Waals surface area contributed by atoms with E-state index < -0.39 is 0 Å². The molecule has 28 heavy (non-hydrogen) atoms. The molecule has 2 fully saturated rings. The highest BCUT2D eigenvalue weighted by Gasteiger charge is 2.39. The van der Waals surface area contributed by atoms with Gasteiger partial charge in [-0.05, 0) is 50.5 Å². The van der Waals surface area contributed by atoms with Crippen LogP contribution in [0.15, 0.2) is 23.3 Å². The molecule has 2 saturated carbocycles. The number of fused-ring (bicyclic) bond motifs is 2. The van der Waals surface area contributed by atoms with Gasteiger partial charge in [0.25, 0.3) is 5.56 Å². The number of nitrogens with zero attached hydrogens (tertiary/aromatic N) is 3. The van der Waals surface area contributed by atoms with Crippen molar-refractivity contribution in [2.45, 2.75) is 57.5 Å². The van der Waals surface area contributed by atoms with E-state index in [1.165, 1.54) is 6.42 Å². The molecule has 0 saturated heterocycles. The molecule has 2 aliphatic carbocycles. The molecular weight excluding hydrogens is 356 g/mol.